The molecule has 4 heteroatoms. The van der Waals surface area contributed by atoms with Gasteiger partial charge >= 0.3 is 0 Å². The van der Waals surface area contributed by atoms with E-state index in [1.54, 1.807) is 6.20 Å². The van der Waals surface area contributed by atoms with Gasteiger partial charge in [-0.25, -0.2) is 9.37 Å². The Labute approximate surface area is 110 Å². The number of nitrogens with zero attached hydrogens (tertiary/aromatic N) is 2. The zero-order chi connectivity index (χ0) is 12.3. The maximum atomic E-state index is 13.8. The van der Waals surface area contributed by atoms with Gasteiger partial charge in [0.25, 0.3) is 0 Å². The van der Waals surface area contributed by atoms with Crippen LogP contribution < -0.4 is 4.90 Å². The van der Waals surface area contributed by atoms with E-state index in [9.17, 15) is 4.39 Å². The molecule has 2 heterocycles. The number of hydrogen-bond acceptors (Lipinski definition) is 2. The van der Waals surface area contributed by atoms with Crippen LogP contribution in [0.3, 0.4) is 0 Å². The Morgan fingerprint density at radius 3 is 3.00 bits per heavy atom. The molecule has 94 valence electrons. The molecule has 1 atom stereocenters. The van der Waals surface area contributed by atoms with E-state index in [0.29, 0.717) is 10.3 Å². The first-order chi connectivity index (χ1) is 8.20. The molecule has 1 aliphatic rings. The third-order valence-corrected chi connectivity index (χ3v) is 3.95. The summed E-state index contributed by atoms with van der Waals surface area (Å²) in [6.45, 7) is 4.07. The molecule has 1 aromatic heterocycles. The second-order valence-corrected chi connectivity index (χ2v) is 5.57. The van der Waals surface area contributed by atoms with E-state index in [2.05, 4.69) is 32.7 Å². The first-order valence-corrected chi connectivity index (χ1v) is 7.06. The second-order valence-electron chi connectivity index (χ2n) is 4.65. The van der Waals surface area contributed by atoms with Gasteiger partial charge in [-0.1, -0.05) is 13.3 Å². The van der Waals surface area contributed by atoms with Crippen LogP contribution in [0.5, 0.6) is 0 Å². The van der Waals surface area contributed by atoms with Gasteiger partial charge in [0.2, 0.25) is 0 Å². The van der Waals surface area contributed by atoms with Gasteiger partial charge < -0.3 is 4.90 Å². The molecule has 0 spiro atoms. The van der Waals surface area contributed by atoms with Crippen molar-refractivity contribution in [3.05, 3.63) is 22.6 Å². The van der Waals surface area contributed by atoms with Crippen LogP contribution in [0, 0.1) is 11.7 Å². The zero-order valence-corrected chi connectivity index (χ0v) is 11.7. The Balaban J connectivity index is 2.11. The third kappa shape index (κ3) is 3.18. The molecule has 0 aliphatic carbocycles. The van der Waals surface area contributed by atoms with Crippen LogP contribution in [0.15, 0.2) is 16.7 Å². The first kappa shape index (κ1) is 12.8. The minimum absolute atomic E-state index is 0.227. The summed E-state index contributed by atoms with van der Waals surface area (Å²) >= 11 is 3.24. The fourth-order valence-electron chi connectivity index (χ4n) is 2.43. The number of hydrogen-bond donors (Lipinski definition) is 0. The van der Waals surface area contributed by atoms with Crippen LogP contribution >= 0.6 is 15.9 Å². The normalized spacial score (nSPS) is 21.4. The number of aromatic nitrogens is 1. The molecule has 1 saturated heterocycles. The summed E-state index contributed by atoms with van der Waals surface area (Å²) < 4.78 is 14.5. The highest BCUT2D eigenvalue weighted by molar-refractivity contribution is 9.10. The Bertz CT molecular complexity index is 384. The van der Waals surface area contributed by atoms with E-state index in [1.807, 2.05) is 0 Å². The molecule has 0 N–H and O–H groups in total. The Morgan fingerprint density at radius 2 is 2.29 bits per heavy atom. The van der Waals surface area contributed by atoms with Gasteiger partial charge in [0.05, 0.1) is 0 Å². The number of pyridine rings is 1. The van der Waals surface area contributed by atoms with Crippen LogP contribution in [-0.4, -0.2) is 18.1 Å². The smallest absolute Gasteiger partial charge is 0.166 e. The molecule has 1 aliphatic heterocycles. The summed E-state index contributed by atoms with van der Waals surface area (Å²) in [5.74, 6) is 1.07. The maximum absolute atomic E-state index is 13.8. The van der Waals surface area contributed by atoms with E-state index in [1.165, 1.54) is 18.9 Å². The molecular formula is C13H18BrFN2. The summed E-state index contributed by atoms with van der Waals surface area (Å²) in [7, 11) is 0. The van der Waals surface area contributed by atoms with Crippen LogP contribution in [0.4, 0.5) is 10.2 Å². The number of anilines is 1. The SMILES string of the molecule is CCC1CCCN(c2ncc(Br)cc2F)CC1. The van der Waals surface area contributed by atoms with E-state index in [0.717, 1.165) is 31.8 Å². The minimum Gasteiger partial charge on any atom is -0.354 e. The van der Waals surface area contributed by atoms with E-state index < -0.39 is 0 Å². The lowest BCUT2D eigenvalue weighted by atomic mass is 9.98. The van der Waals surface area contributed by atoms with Gasteiger partial charge in [0.1, 0.15) is 0 Å². The summed E-state index contributed by atoms with van der Waals surface area (Å²) in [6.07, 6.45) is 6.43. The van der Waals surface area contributed by atoms with Gasteiger partial charge in [-0.15, -0.1) is 0 Å². The van der Waals surface area contributed by atoms with Crippen molar-refractivity contribution in [2.24, 2.45) is 5.92 Å². The summed E-state index contributed by atoms with van der Waals surface area (Å²) in [5.41, 5.74) is 0. The maximum Gasteiger partial charge on any atom is 0.166 e. The summed E-state index contributed by atoms with van der Waals surface area (Å²) in [5, 5.41) is 0. The van der Waals surface area contributed by atoms with Crippen molar-refractivity contribution in [3.63, 3.8) is 0 Å². The predicted octanol–water partition coefficient (Wildman–Crippen LogP) is 4.00. The van der Waals surface area contributed by atoms with E-state index in [-0.39, 0.29) is 5.82 Å². The van der Waals surface area contributed by atoms with E-state index >= 15 is 0 Å². The summed E-state index contributed by atoms with van der Waals surface area (Å²) in [4.78, 5) is 6.28. The highest BCUT2D eigenvalue weighted by atomic mass is 79.9. The van der Waals surface area contributed by atoms with Crippen molar-refractivity contribution in [1.82, 2.24) is 4.98 Å². The first-order valence-electron chi connectivity index (χ1n) is 6.26. The minimum atomic E-state index is -0.227. The molecule has 0 amide bonds. The molecule has 0 radical (unpaired) electrons. The Hall–Kier alpha value is -0.640. The van der Waals surface area contributed by atoms with Crippen molar-refractivity contribution in [1.29, 1.82) is 0 Å². The van der Waals surface area contributed by atoms with Crippen molar-refractivity contribution >= 4 is 21.7 Å². The molecular weight excluding hydrogens is 283 g/mol. The molecule has 1 fully saturated rings. The van der Waals surface area contributed by atoms with Gasteiger partial charge in [0, 0.05) is 23.8 Å². The molecule has 0 saturated carbocycles. The monoisotopic (exact) mass is 300 g/mol. The lowest BCUT2D eigenvalue weighted by Crippen LogP contribution is -2.26. The summed E-state index contributed by atoms with van der Waals surface area (Å²) in [6, 6.07) is 1.49. The standard InChI is InChI=1S/C13H18BrFN2/c1-2-10-4-3-6-17(7-5-10)13-12(15)8-11(14)9-16-13/h8-10H,2-7H2,1H3. The molecule has 0 bridgehead atoms. The predicted molar refractivity (Wildman–Crippen MR) is 71.7 cm³/mol. The van der Waals surface area contributed by atoms with E-state index in [4.69, 9.17) is 0 Å². The molecule has 2 nitrogen and oxygen atoms in total. The Morgan fingerprint density at radius 1 is 1.47 bits per heavy atom. The van der Waals surface area contributed by atoms with Gasteiger partial charge in [-0.3, -0.25) is 0 Å². The van der Waals surface area contributed by atoms with Crippen molar-refractivity contribution in [2.75, 3.05) is 18.0 Å². The average Bonchev–Trinajstić information content (AvgIpc) is 2.54. The largest absolute Gasteiger partial charge is 0.354 e. The average molecular weight is 301 g/mol. The third-order valence-electron chi connectivity index (χ3n) is 3.51. The van der Waals surface area contributed by atoms with Crippen molar-refractivity contribution in [2.45, 2.75) is 32.6 Å². The van der Waals surface area contributed by atoms with Crippen LogP contribution in [-0.2, 0) is 0 Å². The quantitative estimate of drug-likeness (QED) is 0.821. The molecule has 1 unspecified atom stereocenters. The Kier molecular flexibility index (Phi) is 4.37. The highest BCUT2D eigenvalue weighted by Crippen LogP contribution is 2.25. The molecule has 1 aromatic rings. The molecule has 2 rings (SSSR count). The van der Waals surface area contributed by atoms with Crippen molar-refractivity contribution in [3.8, 4) is 0 Å². The fraction of sp³-hybridized carbons (Fsp3) is 0.615. The van der Waals surface area contributed by atoms with Crippen molar-refractivity contribution < 1.29 is 4.39 Å². The number of rotatable bonds is 2. The van der Waals surface area contributed by atoms with Crippen LogP contribution in [0.25, 0.3) is 0 Å². The fourth-order valence-corrected chi connectivity index (χ4v) is 2.73. The van der Waals surface area contributed by atoms with Crippen LogP contribution in [0.2, 0.25) is 0 Å². The van der Waals surface area contributed by atoms with Gasteiger partial charge in [-0.2, -0.15) is 0 Å². The lowest BCUT2D eigenvalue weighted by molar-refractivity contribution is 0.459. The molecule has 0 aromatic carbocycles. The second kappa shape index (κ2) is 5.80. The topological polar surface area (TPSA) is 16.1 Å². The van der Waals surface area contributed by atoms with Gasteiger partial charge in [0.15, 0.2) is 11.6 Å². The number of halogens is 2. The highest BCUT2D eigenvalue weighted by Gasteiger charge is 2.19. The van der Waals surface area contributed by atoms with Gasteiger partial charge in [-0.05, 0) is 47.2 Å². The lowest BCUT2D eigenvalue weighted by Gasteiger charge is -2.22. The zero-order valence-electron chi connectivity index (χ0n) is 10.1. The molecule has 17 heavy (non-hydrogen) atoms. The van der Waals surface area contributed by atoms with Crippen LogP contribution in [0.1, 0.15) is 32.6 Å².